The second kappa shape index (κ2) is 8.26. The van der Waals surface area contributed by atoms with E-state index in [1.165, 1.54) is 17.9 Å². The molecule has 0 heterocycles. The Morgan fingerprint density at radius 2 is 2.33 bits per heavy atom. The molecule has 0 bridgehead atoms. The molecule has 0 aromatic rings. The summed E-state index contributed by atoms with van der Waals surface area (Å²) in [6.45, 7) is 0. The zero-order valence-corrected chi connectivity index (χ0v) is 10.3. The molecule has 0 amide bonds. The molecule has 0 saturated carbocycles. The SMILES string of the molecule is COC(=O)CCC(Br)CCSS. The van der Waals surface area contributed by atoms with Gasteiger partial charge in [0.25, 0.3) is 0 Å². The lowest BCUT2D eigenvalue weighted by Crippen LogP contribution is -2.06. The van der Waals surface area contributed by atoms with Crippen LogP contribution in [0.3, 0.4) is 0 Å². The molecule has 0 radical (unpaired) electrons. The molecule has 0 rings (SSSR count). The second-order valence-corrected chi connectivity index (χ2v) is 5.07. The van der Waals surface area contributed by atoms with Gasteiger partial charge < -0.3 is 4.74 Å². The highest BCUT2D eigenvalue weighted by Crippen LogP contribution is 2.17. The smallest absolute Gasteiger partial charge is 0.305 e. The Morgan fingerprint density at radius 3 is 2.83 bits per heavy atom. The first-order chi connectivity index (χ1) is 5.70. The Morgan fingerprint density at radius 1 is 1.67 bits per heavy atom. The predicted molar refractivity (Wildman–Crippen MR) is 60.0 cm³/mol. The van der Waals surface area contributed by atoms with Gasteiger partial charge in [-0.15, -0.1) is 11.7 Å². The molecule has 0 aromatic heterocycles. The molecule has 12 heavy (non-hydrogen) atoms. The van der Waals surface area contributed by atoms with Crippen molar-refractivity contribution >= 4 is 44.4 Å². The van der Waals surface area contributed by atoms with Crippen molar-refractivity contribution in [2.75, 3.05) is 12.9 Å². The normalized spacial score (nSPS) is 12.6. The summed E-state index contributed by atoms with van der Waals surface area (Å²) >= 11 is 7.51. The van der Waals surface area contributed by atoms with Gasteiger partial charge in [0, 0.05) is 17.0 Å². The molecule has 0 aliphatic carbocycles. The summed E-state index contributed by atoms with van der Waals surface area (Å²) in [4.78, 5) is 11.1. The average Bonchev–Trinajstić information content (AvgIpc) is 2.10. The minimum absolute atomic E-state index is 0.141. The van der Waals surface area contributed by atoms with Gasteiger partial charge in [-0.1, -0.05) is 26.7 Å². The summed E-state index contributed by atoms with van der Waals surface area (Å²) in [7, 11) is 2.93. The molecule has 0 fully saturated rings. The van der Waals surface area contributed by atoms with Gasteiger partial charge in [-0.25, -0.2) is 0 Å². The summed E-state index contributed by atoms with van der Waals surface area (Å²) in [6.07, 6.45) is 2.36. The fourth-order valence-electron chi connectivity index (χ4n) is 0.701. The van der Waals surface area contributed by atoms with Crippen LogP contribution in [0.4, 0.5) is 0 Å². The molecular weight excluding hydrogens is 260 g/mol. The van der Waals surface area contributed by atoms with E-state index >= 15 is 0 Å². The van der Waals surface area contributed by atoms with Crippen LogP contribution in [-0.2, 0) is 9.53 Å². The van der Waals surface area contributed by atoms with Crippen LogP contribution < -0.4 is 0 Å². The second-order valence-electron chi connectivity index (χ2n) is 2.33. The van der Waals surface area contributed by atoms with Crippen molar-refractivity contribution in [3.8, 4) is 0 Å². The third-order valence-corrected chi connectivity index (χ3v) is 3.29. The molecule has 72 valence electrons. The monoisotopic (exact) mass is 272 g/mol. The lowest BCUT2D eigenvalue weighted by atomic mass is 10.2. The first-order valence-electron chi connectivity index (χ1n) is 3.68. The molecule has 0 aliphatic rings. The molecule has 0 aliphatic heterocycles. The molecule has 1 unspecified atom stereocenters. The van der Waals surface area contributed by atoms with E-state index in [1.54, 1.807) is 0 Å². The van der Waals surface area contributed by atoms with Gasteiger partial charge in [0.2, 0.25) is 0 Å². The lowest BCUT2D eigenvalue weighted by molar-refractivity contribution is -0.140. The Kier molecular flexibility index (Phi) is 8.70. The Labute approximate surface area is 90.7 Å². The first-order valence-corrected chi connectivity index (χ1v) is 6.63. The number of esters is 1. The van der Waals surface area contributed by atoms with E-state index in [2.05, 4.69) is 32.3 Å². The van der Waals surface area contributed by atoms with Gasteiger partial charge in [-0.2, -0.15) is 0 Å². The molecule has 2 nitrogen and oxygen atoms in total. The van der Waals surface area contributed by atoms with Crippen LogP contribution in [0.15, 0.2) is 0 Å². The van der Waals surface area contributed by atoms with Crippen LogP contribution in [0.2, 0.25) is 0 Å². The third kappa shape index (κ3) is 7.31. The topological polar surface area (TPSA) is 26.3 Å². The van der Waals surface area contributed by atoms with E-state index in [-0.39, 0.29) is 5.97 Å². The number of alkyl halides is 1. The van der Waals surface area contributed by atoms with Crippen LogP contribution >= 0.6 is 38.4 Å². The molecule has 1 atom stereocenters. The van der Waals surface area contributed by atoms with Crippen LogP contribution in [-0.4, -0.2) is 23.7 Å². The zero-order valence-electron chi connectivity index (χ0n) is 6.96. The van der Waals surface area contributed by atoms with Crippen LogP contribution in [0.25, 0.3) is 0 Å². The van der Waals surface area contributed by atoms with Crippen molar-refractivity contribution in [2.24, 2.45) is 0 Å². The van der Waals surface area contributed by atoms with Crippen molar-refractivity contribution in [1.29, 1.82) is 0 Å². The number of hydrogen-bond donors (Lipinski definition) is 1. The number of rotatable bonds is 6. The molecule has 5 heteroatoms. The Bertz CT molecular complexity index is 133. The number of ether oxygens (including phenoxy) is 1. The van der Waals surface area contributed by atoms with Crippen LogP contribution in [0.1, 0.15) is 19.3 Å². The third-order valence-electron chi connectivity index (χ3n) is 1.41. The maximum absolute atomic E-state index is 10.7. The summed E-state index contributed by atoms with van der Waals surface area (Å²) in [6, 6.07) is 0. The molecule has 0 aromatic carbocycles. The van der Waals surface area contributed by atoms with Gasteiger partial charge in [0.05, 0.1) is 7.11 Å². The Hall–Kier alpha value is 0.650. The van der Waals surface area contributed by atoms with Crippen molar-refractivity contribution in [1.82, 2.24) is 0 Å². The summed E-state index contributed by atoms with van der Waals surface area (Å²) in [5, 5.41) is 0. The zero-order chi connectivity index (χ0) is 9.40. The highest BCUT2D eigenvalue weighted by Gasteiger charge is 2.07. The van der Waals surface area contributed by atoms with Crippen molar-refractivity contribution < 1.29 is 9.53 Å². The quantitative estimate of drug-likeness (QED) is 0.349. The number of methoxy groups -OCH3 is 1. The number of carbonyl (C=O) groups excluding carboxylic acids is 1. The standard InChI is InChI=1S/C7H13BrO2S2/c1-10-7(9)3-2-6(8)4-5-12-11/h6,11H,2-5H2,1H3. The summed E-state index contributed by atoms with van der Waals surface area (Å²) in [5.41, 5.74) is 0. The van der Waals surface area contributed by atoms with Gasteiger partial charge in [0.1, 0.15) is 0 Å². The van der Waals surface area contributed by atoms with Crippen molar-refractivity contribution in [3.05, 3.63) is 0 Å². The fraction of sp³-hybridized carbons (Fsp3) is 0.857. The van der Waals surface area contributed by atoms with Crippen molar-refractivity contribution in [2.45, 2.75) is 24.1 Å². The maximum atomic E-state index is 10.7. The Balaban J connectivity index is 3.30. The minimum atomic E-state index is -0.141. The van der Waals surface area contributed by atoms with Gasteiger partial charge in [0.15, 0.2) is 0 Å². The van der Waals surface area contributed by atoms with E-state index in [9.17, 15) is 4.79 Å². The summed E-state index contributed by atoms with van der Waals surface area (Å²) < 4.78 is 4.53. The van der Waals surface area contributed by atoms with E-state index in [0.717, 1.165) is 18.6 Å². The number of hydrogen-bond acceptors (Lipinski definition) is 4. The molecular formula is C7H13BrO2S2. The van der Waals surface area contributed by atoms with Crippen LogP contribution in [0, 0.1) is 0 Å². The predicted octanol–water partition coefficient (Wildman–Crippen LogP) is 2.67. The maximum Gasteiger partial charge on any atom is 0.305 e. The number of carbonyl (C=O) groups is 1. The van der Waals surface area contributed by atoms with E-state index in [0.29, 0.717) is 11.2 Å². The van der Waals surface area contributed by atoms with E-state index < -0.39 is 0 Å². The van der Waals surface area contributed by atoms with Gasteiger partial charge in [-0.3, -0.25) is 4.79 Å². The highest BCUT2D eigenvalue weighted by atomic mass is 79.9. The fourth-order valence-corrected chi connectivity index (χ4v) is 2.17. The highest BCUT2D eigenvalue weighted by molar-refractivity contribution is 9.09. The minimum Gasteiger partial charge on any atom is -0.469 e. The molecule has 0 spiro atoms. The number of thiol groups is 1. The molecule has 0 saturated heterocycles. The number of halogens is 1. The van der Waals surface area contributed by atoms with Crippen molar-refractivity contribution in [3.63, 3.8) is 0 Å². The van der Waals surface area contributed by atoms with E-state index in [1.807, 2.05) is 0 Å². The largest absolute Gasteiger partial charge is 0.469 e. The lowest BCUT2D eigenvalue weighted by Gasteiger charge is -2.06. The van der Waals surface area contributed by atoms with Gasteiger partial charge >= 0.3 is 5.97 Å². The average molecular weight is 273 g/mol. The van der Waals surface area contributed by atoms with Crippen LogP contribution in [0.5, 0.6) is 0 Å². The molecule has 0 N–H and O–H groups in total. The van der Waals surface area contributed by atoms with E-state index in [4.69, 9.17) is 0 Å². The summed E-state index contributed by atoms with van der Waals surface area (Å²) in [5.74, 6) is 0.859. The van der Waals surface area contributed by atoms with Gasteiger partial charge in [-0.05, 0) is 12.8 Å². The first kappa shape index (κ1) is 12.7.